The van der Waals surface area contributed by atoms with Crippen LogP contribution in [0, 0.1) is 0 Å². The molecule has 1 atom stereocenters. The lowest BCUT2D eigenvalue weighted by Crippen LogP contribution is -2.28. The number of aliphatic hydroxyl groups excluding tert-OH is 1. The Bertz CT molecular complexity index is 365. The van der Waals surface area contributed by atoms with E-state index in [1.54, 1.807) is 0 Å². The molecule has 0 radical (unpaired) electrons. The number of alkyl halides is 3. The predicted octanol–water partition coefficient (Wildman–Crippen LogP) is 2.49. The van der Waals surface area contributed by atoms with Crippen LogP contribution in [0.4, 0.5) is 13.2 Å². The number of nitrogens with one attached hydrogen (secondary N) is 1. The minimum absolute atomic E-state index is 0.255. The minimum Gasteiger partial charge on any atom is -0.406 e. The predicted molar refractivity (Wildman–Crippen MR) is 66.0 cm³/mol. The Balaban J connectivity index is 2.43. The van der Waals surface area contributed by atoms with Gasteiger partial charge in [0.25, 0.3) is 0 Å². The molecular weight excluding hydrogens is 259 g/mol. The summed E-state index contributed by atoms with van der Waals surface area (Å²) >= 11 is 0. The molecule has 3 nitrogen and oxygen atoms in total. The van der Waals surface area contributed by atoms with Gasteiger partial charge in [0, 0.05) is 6.54 Å². The summed E-state index contributed by atoms with van der Waals surface area (Å²) in [5, 5.41) is 12.8. The van der Waals surface area contributed by atoms with Crippen LogP contribution in [0.3, 0.4) is 0 Å². The molecule has 0 amide bonds. The summed E-state index contributed by atoms with van der Waals surface area (Å²) in [5.41, 5.74) is 0.764. The Kier molecular flexibility index (Phi) is 6.11. The van der Waals surface area contributed by atoms with Crippen LogP contribution in [0.25, 0.3) is 0 Å². The fourth-order valence-electron chi connectivity index (χ4n) is 1.62. The van der Waals surface area contributed by atoms with E-state index in [0.29, 0.717) is 13.0 Å². The van der Waals surface area contributed by atoms with E-state index in [4.69, 9.17) is 0 Å². The second-order valence-electron chi connectivity index (χ2n) is 4.25. The van der Waals surface area contributed by atoms with E-state index in [1.807, 2.05) is 6.92 Å². The van der Waals surface area contributed by atoms with Gasteiger partial charge in [0.05, 0.1) is 6.10 Å². The van der Waals surface area contributed by atoms with Crippen LogP contribution in [-0.2, 0) is 6.42 Å². The fourth-order valence-corrected chi connectivity index (χ4v) is 1.62. The first-order valence-corrected chi connectivity index (χ1v) is 6.14. The monoisotopic (exact) mass is 277 g/mol. The highest BCUT2D eigenvalue weighted by molar-refractivity contribution is 5.27. The second kappa shape index (κ2) is 7.35. The van der Waals surface area contributed by atoms with Crippen molar-refractivity contribution in [1.82, 2.24) is 5.32 Å². The number of halogens is 3. The van der Waals surface area contributed by atoms with E-state index in [-0.39, 0.29) is 5.75 Å². The van der Waals surface area contributed by atoms with Gasteiger partial charge in [0.2, 0.25) is 0 Å². The quantitative estimate of drug-likeness (QED) is 0.752. The van der Waals surface area contributed by atoms with Gasteiger partial charge in [-0.25, -0.2) is 0 Å². The maximum Gasteiger partial charge on any atom is 0.573 e. The van der Waals surface area contributed by atoms with Crippen molar-refractivity contribution in [2.24, 2.45) is 0 Å². The van der Waals surface area contributed by atoms with Crippen molar-refractivity contribution in [3.05, 3.63) is 29.8 Å². The first-order valence-electron chi connectivity index (χ1n) is 6.14. The summed E-state index contributed by atoms with van der Waals surface area (Å²) in [6, 6.07) is 5.53. The zero-order chi connectivity index (χ0) is 14.3. The lowest BCUT2D eigenvalue weighted by Gasteiger charge is -2.12. The van der Waals surface area contributed by atoms with Crippen LogP contribution in [0.15, 0.2) is 24.3 Å². The van der Waals surface area contributed by atoms with Gasteiger partial charge >= 0.3 is 6.36 Å². The second-order valence-corrected chi connectivity index (χ2v) is 4.25. The Morgan fingerprint density at radius 2 is 1.89 bits per heavy atom. The molecule has 1 aromatic rings. The van der Waals surface area contributed by atoms with Crippen molar-refractivity contribution in [2.45, 2.75) is 32.2 Å². The standard InChI is InChI=1S/C13H18F3NO2/c1-2-7-17-9-11(18)8-10-3-5-12(6-4-10)19-13(14,15)16/h3-6,11,17-18H,2,7-9H2,1H3. The minimum atomic E-state index is -4.68. The molecule has 6 heteroatoms. The van der Waals surface area contributed by atoms with E-state index in [0.717, 1.165) is 18.5 Å². The van der Waals surface area contributed by atoms with E-state index in [2.05, 4.69) is 10.1 Å². The molecule has 1 aromatic carbocycles. The molecule has 0 fully saturated rings. The Morgan fingerprint density at radius 3 is 2.42 bits per heavy atom. The molecule has 19 heavy (non-hydrogen) atoms. The van der Waals surface area contributed by atoms with Gasteiger partial charge in [-0.15, -0.1) is 13.2 Å². The van der Waals surface area contributed by atoms with Gasteiger partial charge in [-0.3, -0.25) is 0 Å². The Morgan fingerprint density at radius 1 is 1.26 bits per heavy atom. The fraction of sp³-hybridized carbons (Fsp3) is 0.538. The third-order valence-corrected chi connectivity index (χ3v) is 2.43. The topological polar surface area (TPSA) is 41.5 Å². The van der Waals surface area contributed by atoms with Crippen LogP contribution >= 0.6 is 0 Å². The van der Waals surface area contributed by atoms with Crippen molar-refractivity contribution in [1.29, 1.82) is 0 Å². The van der Waals surface area contributed by atoms with Crippen molar-refractivity contribution in [3.8, 4) is 5.75 Å². The van der Waals surface area contributed by atoms with Gasteiger partial charge in [0.15, 0.2) is 0 Å². The van der Waals surface area contributed by atoms with E-state index in [9.17, 15) is 18.3 Å². The molecule has 0 aromatic heterocycles. The summed E-state index contributed by atoms with van der Waals surface area (Å²) in [6.07, 6.45) is -3.86. The first-order chi connectivity index (χ1) is 8.90. The Hall–Kier alpha value is -1.27. The van der Waals surface area contributed by atoms with Gasteiger partial charge in [-0.1, -0.05) is 19.1 Å². The largest absolute Gasteiger partial charge is 0.573 e. The maximum atomic E-state index is 12.0. The normalized spacial score (nSPS) is 13.3. The zero-order valence-electron chi connectivity index (χ0n) is 10.7. The summed E-state index contributed by atoms with van der Waals surface area (Å²) in [4.78, 5) is 0. The smallest absolute Gasteiger partial charge is 0.406 e. The lowest BCUT2D eigenvalue weighted by atomic mass is 10.1. The van der Waals surface area contributed by atoms with E-state index < -0.39 is 12.5 Å². The molecule has 0 aliphatic carbocycles. The van der Waals surface area contributed by atoms with Gasteiger partial charge in [-0.05, 0) is 37.1 Å². The molecule has 0 bridgehead atoms. The summed E-state index contributed by atoms with van der Waals surface area (Å²) in [7, 11) is 0. The molecule has 108 valence electrons. The average Bonchev–Trinajstić information content (AvgIpc) is 2.30. The molecule has 0 saturated heterocycles. The summed E-state index contributed by atoms with van der Waals surface area (Å²) < 4.78 is 39.6. The lowest BCUT2D eigenvalue weighted by molar-refractivity contribution is -0.274. The molecule has 0 spiro atoms. The average molecular weight is 277 g/mol. The number of hydrogen-bond donors (Lipinski definition) is 2. The first kappa shape index (κ1) is 15.8. The number of rotatable bonds is 7. The van der Waals surface area contributed by atoms with Crippen molar-refractivity contribution < 1.29 is 23.0 Å². The number of hydrogen-bond acceptors (Lipinski definition) is 3. The molecular formula is C13H18F3NO2. The van der Waals surface area contributed by atoms with Gasteiger partial charge in [-0.2, -0.15) is 0 Å². The number of aliphatic hydroxyl groups is 1. The van der Waals surface area contributed by atoms with Gasteiger partial charge in [0.1, 0.15) is 5.75 Å². The van der Waals surface area contributed by atoms with Crippen LogP contribution in [0.5, 0.6) is 5.75 Å². The third kappa shape index (κ3) is 7.03. The third-order valence-electron chi connectivity index (χ3n) is 2.43. The molecule has 1 unspecified atom stereocenters. The van der Waals surface area contributed by atoms with Crippen LogP contribution in [-0.4, -0.2) is 30.7 Å². The van der Waals surface area contributed by atoms with Crippen molar-refractivity contribution >= 4 is 0 Å². The Labute approximate surface area is 110 Å². The molecule has 1 rings (SSSR count). The van der Waals surface area contributed by atoms with Crippen LogP contribution in [0.2, 0.25) is 0 Å². The SMILES string of the molecule is CCCNCC(O)Cc1ccc(OC(F)(F)F)cc1. The molecule has 0 saturated carbocycles. The molecule has 0 aliphatic rings. The zero-order valence-corrected chi connectivity index (χ0v) is 10.7. The van der Waals surface area contributed by atoms with Crippen LogP contribution in [0.1, 0.15) is 18.9 Å². The van der Waals surface area contributed by atoms with Crippen molar-refractivity contribution in [2.75, 3.05) is 13.1 Å². The molecule has 0 aliphatic heterocycles. The number of ether oxygens (including phenoxy) is 1. The van der Waals surface area contributed by atoms with Crippen LogP contribution < -0.4 is 10.1 Å². The highest BCUT2D eigenvalue weighted by Gasteiger charge is 2.30. The van der Waals surface area contributed by atoms with Gasteiger partial charge < -0.3 is 15.2 Å². The highest BCUT2D eigenvalue weighted by atomic mass is 19.4. The molecule has 2 N–H and O–H groups in total. The summed E-state index contributed by atoms with van der Waals surface area (Å²) in [6.45, 7) is 3.32. The highest BCUT2D eigenvalue weighted by Crippen LogP contribution is 2.22. The van der Waals surface area contributed by atoms with E-state index >= 15 is 0 Å². The van der Waals surface area contributed by atoms with Crippen molar-refractivity contribution in [3.63, 3.8) is 0 Å². The maximum absolute atomic E-state index is 12.0. The molecule has 0 heterocycles. The summed E-state index contributed by atoms with van der Waals surface area (Å²) in [5.74, 6) is -0.255. The number of benzene rings is 1. The van der Waals surface area contributed by atoms with E-state index in [1.165, 1.54) is 24.3 Å².